The number of rotatable bonds is 5. The summed E-state index contributed by atoms with van der Waals surface area (Å²) in [7, 11) is 0. The van der Waals surface area contributed by atoms with Crippen LogP contribution >= 0.6 is 46.6 Å². The van der Waals surface area contributed by atoms with Crippen LogP contribution in [-0.2, 0) is 11.2 Å². The van der Waals surface area contributed by atoms with E-state index in [4.69, 9.17) is 34.8 Å². The first-order valence-corrected chi connectivity index (χ1v) is 8.44. The van der Waals surface area contributed by atoms with Crippen LogP contribution in [0.4, 0.5) is 0 Å². The Labute approximate surface area is 148 Å². The van der Waals surface area contributed by atoms with Crippen molar-refractivity contribution in [3.63, 3.8) is 0 Å². The first-order chi connectivity index (χ1) is 10.4. The SMILES string of the molecule is O=C(Cc1ccccc1)NC(Sc1ccccn1)C(Cl)(Cl)Cl. The number of thioether (sulfide) groups is 1. The summed E-state index contributed by atoms with van der Waals surface area (Å²) in [5.74, 6) is -0.217. The lowest BCUT2D eigenvalue weighted by molar-refractivity contribution is -0.120. The molecule has 0 aliphatic heterocycles. The molecule has 3 nitrogen and oxygen atoms in total. The first kappa shape index (κ1) is 17.4. The van der Waals surface area contributed by atoms with Gasteiger partial charge in [0.2, 0.25) is 9.70 Å². The molecule has 1 unspecified atom stereocenters. The second-order valence-corrected chi connectivity index (χ2v) is 7.93. The van der Waals surface area contributed by atoms with Gasteiger partial charge in [-0.05, 0) is 17.7 Å². The van der Waals surface area contributed by atoms with Gasteiger partial charge in [0.1, 0.15) is 5.37 Å². The zero-order chi connectivity index (χ0) is 16.0. The number of carbonyl (C=O) groups excluding carboxylic acids is 1. The van der Waals surface area contributed by atoms with Crippen LogP contribution < -0.4 is 5.32 Å². The standard InChI is InChI=1S/C15H13Cl3N2OS/c16-15(17,18)14(22-13-8-4-5-9-19-13)20-12(21)10-11-6-2-1-3-7-11/h1-9,14H,10H2,(H,20,21). The van der Waals surface area contributed by atoms with E-state index in [1.54, 1.807) is 18.3 Å². The number of alkyl halides is 3. The van der Waals surface area contributed by atoms with Crippen LogP contribution in [0.5, 0.6) is 0 Å². The highest BCUT2D eigenvalue weighted by Crippen LogP contribution is 2.38. The van der Waals surface area contributed by atoms with E-state index < -0.39 is 9.17 Å². The molecular formula is C15H13Cl3N2OS. The molecular weight excluding hydrogens is 363 g/mol. The Balaban J connectivity index is 2.02. The molecule has 0 saturated heterocycles. The summed E-state index contributed by atoms with van der Waals surface area (Å²) in [4.78, 5) is 16.3. The number of nitrogens with zero attached hydrogens (tertiary/aromatic N) is 1. The topological polar surface area (TPSA) is 42.0 Å². The van der Waals surface area contributed by atoms with Gasteiger partial charge in [-0.2, -0.15) is 0 Å². The number of hydrogen-bond acceptors (Lipinski definition) is 3. The molecule has 116 valence electrons. The first-order valence-electron chi connectivity index (χ1n) is 6.43. The number of aromatic nitrogens is 1. The third-order valence-electron chi connectivity index (χ3n) is 2.67. The molecule has 1 atom stereocenters. The van der Waals surface area contributed by atoms with Crippen LogP contribution in [0.1, 0.15) is 5.56 Å². The van der Waals surface area contributed by atoms with E-state index in [9.17, 15) is 4.79 Å². The van der Waals surface area contributed by atoms with E-state index in [0.29, 0.717) is 5.03 Å². The third kappa shape index (κ3) is 5.69. The van der Waals surface area contributed by atoms with Gasteiger partial charge in [0, 0.05) is 6.20 Å². The average Bonchev–Trinajstić information content (AvgIpc) is 2.48. The summed E-state index contributed by atoms with van der Waals surface area (Å²) in [6, 6.07) is 14.8. The summed E-state index contributed by atoms with van der Waals surface area (Å²) in [6.45, 7) is 0. The smallest absolute Gasteiger partial charge is 0.225 e. The van der Waals surface area contributed by atoms with E-state index in [0.717, 1.165) is 5.56 Å². The molecule has 0 aliphatic rings. The molecule has 0 bridgehead atoms. The molecule has 1 N–H and O–H groups in total. The summed E-state index contributed by atoms with van der Waals surface area (Å²) in [6.07, 6.45) is 1.87. The zero-order valence-electron chi connectivity index (χ0n) is 11.4. The Hall–Kier alpha value is -0.940. The van der Waals surface area contributed by atoms with Gasteiger partial charge in [0.05, 0.1) is 11.4 Å². The molecule has 1 heterocycles. The zero-order valence-corrected chi connectivity index (χ0v) is 14.5. The third-order valence-corrected chi connectivity index (χ3v) is 4.91. The minimum Gasteiger partial charge on any atom is -0.340 e. The molecule has 1 aromatic heterocycles. The lowest BCUT2D eigenvalue weighted by atomic mass is 10.1. The monoisotopic (exact) mass is 374 g/mol. The van der Waals surface area contributed by atoms with Crippen LogP contribution in [0, 0.1) is 0 Å². The van der Waals surface area contributed by atoms with Crippen LogP contribution in [0.15, 0.2) is 59.8 Å². The van der Waals surface area contributed by atoms with Crippen molar-refractivity contribution in [3.05, 3.63) is 60.3 Å². The second-order valence-electron chi connectivity index (χ2n) is 4.44. The van der Waals surface area contributed by atoms with Gasteiger partial charge >= 0.3 is 0 Å². The number of pyridine rings is 1. The molecule has 2 rings (SSSR count). The molecule has 2 aromatic rings. The van der Waals surface area contributed by atoms with Crippen LogP contribution in [0.3, 0.4) is 0 Å². The van der Waals surface area contributed by atoms with E-state index in [1.165, 1.54) is 11.8 Å². The largest absolute Gasteiger partial charge is 0.340 e. The summed E-state index contributed by atoms with van der Waals surface area (Å²) in [5, 5.41) is 2.67. The van der Waals surface area contributed by atoms with Gasteiger partial charge in [-0.1, -0.05) is 83.0 Å². The number of hydrogen-bond donors (Lipinski definition) is 1. The maximum absolute atomic E-state index is 12.1. The predicted molar refractivity (Wildman–Crippen MR) is 92.5 cm³/mol. The van der Waals surface area contributed by atoms with E-state index in [-0.39, 0.29) is 12.3 Å². The normalized spacial score (nSPS) is 12.7. The lowest BCUT2D eigenvalue weighted by Crippen LogP contribution is -2.42. The van der Waals surface area contributed by atoms with Gasteiger partial charge in [0.15, 0.2) is 0 Å². The van der Waals surface area contributed by atoms with Gasteiger partial charge in [-0.3, -0.25) is 4.79 Å². The van der Waals surface area contributed by atoms with E-state index in [2.05, 4.69) is 10.3 Å². The molecule has 0 saturated carbocycles. The molecule has 0 radical (unpaired) electrons. The fourth-order valence-corrected chi connectivity index (χ4v) is 3.10. The molecule has 7 heteroatoms. The van der Waals surface area contributed by atoms with Gasteiger partial charge in [-0.25, -0.2) is 4.98 Å². The molecule has 0 spiro atoms. The highest BCUT2D eigenvalue weighted by molar-refractivity contribution is 8.00. The highest BCUT2D eigenvalue weighted by atomic mass is 35.6. The lowest BCUT2D eigenvalue weighted by Gasteiger charge is -2.24. The second kappa shape index (κ2) is 8.06. The molecule has 1 aromatic carbocycles. The van der Waals surface area contributed by atoms with Crippen LogP contribution in [-0.4, -0.2) is 20.1 Å². The van der Waals surface area contributed by atoms with Crippen molar-refractivity contribution in [2.45, 2.75) is 20.6 Å². The maximum atomic E-state index is 12.1. The molecule has 22 heavy (non-hydrogen) atoms. The van der Waals surface area contributed by atoms with Crippen LogP contribution in [0.2, 0.25) is 0 Å². The Morgan fingerprint density at radius 3 is 2.41 bits per heavy atom. The van der Waals surface area contributed by atoms with Crippen molar-refractivity contribution in [2.75, 3.05) is 0 Å². The molecule has 0 fully saturated rings. The maximum Gasteiger partial charge on any atom is 0.225 e. The highest BCUT2D eigenvalue weighted by Gasteiger charge is 2.35. The Morgan fingerprint density at radius 1 is 1.14 bits per heavy atom. The number of carbonyl (C=O) groups is 1. The summed E-state index contributed by atoms with van der Waals surface area (Å²) >= 11 is 19.1. The fraction of sp³-hybridized carbons (Fsp3) is 0.200. The number of nitrogens with one attached hydrogen (secondary N) is 1. The summed E-state index contributed by atoms with van der Waals surface area (Å²) in [5.41, 5.74) is 0.894. The van der Waals surface area contributed by atoms with Crippen LogP contribution in [0.25, 0.3) is 0 Å². The Bertz CT molecular complexity index is 605. The quantitative estimate of drug-likeness (QED) is 0.483. The minimum absolute atomic E-state index is 0.217. The Morgan fingerprint density at radius 2 is 1.82 bits per heavy atom. The fourth-order valence-electron chi connectivity index (χ4n) is 1.69. The van der Waals surface area contributed by atoms with Crippen molar-refractivity contribution >= 4 is 52.5 Å². The summed E-state index contributed by atoms with van der Waals surface area (Å²) < 4.78 is -1.64. The van der Waals surface area contributed by atoms with E-state index >= 15 is 0 Å². The van der Waals surface area contributed by atoms with Crippen molar-refractivity contribution in [2.24, 2.45) is 0 Å². The van der Waals surface area contributed by atoms with Crippen molar-refractivity contribution in [1.82, 2.24) is 10.3 Å². The van der Waals surface area contributed by atoms with Gasteiger partial charge in [0.25, 0.3) is 0 Å². The van der Waals surface area contributed by atoms with E-state index in [1.807, 2.05) is 36.4 Å². The number of benzene rings is 1. The minimum atomic E-state index is -1.64. The van der Waals surface area contributed by atoms with Crippen molar-refractivity contribution in [1.29, 1.82) is 0 Å². The Kier molecular flexibility index (Phi) is 6.38. The van der Waals surface area contributed by atoms with Crippen molar-refractivity contribution < 1.29 is 4.79 Å². The van der Waals surface area contributed by atoms with Gasteiger partial charge in [-0.15, -0.1) is 0 Å². The average molecular weight is 376 g/mol. The predicted octanol–water partition coefficient (Wildman–Crippen LogP) is 4.23. The van der Waals surface area contributed by atoms with Crippen molar-refractivity contribution in [3.8, 4) is 0 Å². The molecule has 0 aliphatic carbocycles. The van der Waals surface area contributed by atoms with Gasteiger partial charge < -0.3 is 5.32 Å². The number of halogens is 3. The molecule has 1 amide bonds. The number of amides is 1.